The summed E-state index contributed by atoms with van der Waals surface area (Å²) in [7, 11) is -1.88. The topological polar surface area (TPSA) is 82.3 Å². The van der Waals surface area contributed by atoms with E-state index in [4.69, 9.17) is 10.5 Å². The summed E-state index contributed by atoms with van der Waals surface area (Å²) >= 11 is 0. The molecule has 1 aromatic carbocycles. The quantitative estimate of drug-likeness (QED) is 0.860. The molecule has 0 saturated heterocycles. The summed E-state index contributed by atoms with van der Waals surface area (Å²) in [6, 6.07) is 9.43. The van der Waals surface area contributed by atoms with Crippen molar-refractivity contribution in [3.05, 3.63) is 48.3 Å². The molecular weight excluding hydrogens is 264 g/mol. The second-order valence-corrected chi connectivity index (χ2v) is 6.01. The van der Waals surface area contributed by atoms with Crippen LogP contribution in [0, 0.1) is 0 Å². The van der Waals surface area contributed by atoms with Gasteiger partial charge < -0.3 is 10.5 Å². The van der Waals surface area contributed by atoms with Crippen LogP contribution in [0.2, 0.25) is 0 Å². The first kappa shape index (κ1) is 13.4. The number of nitrogens with zero attached hydrogens (tertiary/aromatic N) is 1. The molecule has 0 saturated carbocycles. The van der Waals surface area contributed by atoms with Crippen molar-refractivity contribution in [1.29, 1.82) is 0 Å². The Morgan fingerprint density at radius 1 is 1.16 bits per heavy atom. The molecule has 1 aromatic heterocycles. The average Bonchev–Trinajstić information content (AvgIpc) is 2.40. The molecule has 2 N–H and O–H groups in total. The molecule has 100 valence electrons. The first-order valence-electron chi connectivity index (χ1n) is 5.58. The number of anilines is 1. The minimum atomic E-state index is -3.41. The van der Waals surface area contributed by atoms with E-state index >= 15 is 0 Å². The van der Waals surface area contributed by atoms with Crippen molar-refractivity contribution < 1.29 is 13.2 Å². The highest BCUT2D eigenvalue weighted by atomic mass is 32.2. The van der Waals surface area contributed by atoms with Crippen LogP contribution in [0.15, 0.2) is 47.5 Å². The highest BCUT2D eigenvalue weighted by Gasteiger charge is 2.15. The van der Waals surface area contributed by atoms with E-state index < -0.39 is 9.84 Å². The molecule has 5 nitrogen and oxygen atoms in total. The van der Waals surface area contributed by atoms with E-state index in [-0.39, 0.29) is 10.6 Å². The monoisotopic (exact) mass is 278 g/mol. The number of nitrogens with two attached hydrogens (primary N) is 1. The third-order valence-electron chi connectivity index (χ3n) is 2.61. The zero-order valence-electron chi connectivity index (χ0n) is 10.4. The van der Waals surface area contributed by atoms with Gasteiger partial charge in [0.1, 0.15) is 5.75 Å². The largest absolute Gasteiger partial charge is 0.495 e. The van der Waals surface area contributed by atoms with E-state index in [1.807, 2.05) is 0 Å². The van der Waals surface area contributed by atoms with Crippen LogP contribution >= 0.6 is 0 Å². The van der Waals surface area contributed by atoms with E-state index in [9.17, 15) is 8.42 Å². The fourth-order valence-corrected chi connectivity index (χ4v) is 2.85. The molecule has 0 aliphatic carbocycles. The normalized spacial score (nSPS) is 11.2. The fraction of sp³-hybridized carbons (Fsp3) is 0.154. The van der Waals surface area contributed by atoms with E-state index in [0.29, 0.717) is 17.1 Å². The predicted molar refractivity (Wildman–Crippen MR) is 72.5 cm³/mol. The van der Waals surface area contributed by atoms with Crippen LogP contribution in [-0.4, -0.2) is 20.5 Å². The van der Waals surface area contributed by atoms with Gasteiger partial charge in [-0.25, -0.2) is 8.42 Å². The average molecular weight is 278 g/mol. The lowest BCUT2D eigenvalue weighted by molar-refractivity contribution is 0.412. The Kier molecular flexibility index (Phi) is 3.71. The summed E-state index contributed by atoms with van der Waals surface area (Å²) in [6.07, 6.45) is 1.49. The highest BCUT2D eigenvalue weighted by Crippen LogP contribution is 2.18. The summed E-state index contributed by atoms with van der Waals surface area (Å²) in [4.78, 5) is 4.28. The lowest BCUT2D eigenvalue weighted by atomic mass is 10.3. The van der Waals surface area contributed by atoms with Gasteiger partial charge in [-0.3, -0.25) is 4.98 Å². The Labute approximate surface area is 112 Å². The molecule has 2 aromatic rings. The molecule has 0 amide bonds. The van der Waals surface area contributed by atoms with Crippen molar-refractivity contribution in [3.8, 4) is 5.75 Å². The van der Waals surface area contributed by atoms with Gasteiger partial charge in [-0.1, -0.05) is 0 Å². The molecule has 19 heavy (non-hydrogen) atoms. The van der Waals surface area contributed by atoms with Gasteiger partial charge in [0.15, 0.2) is 9.84 Å². The molecule has 0 unspecified atom stereocenters. The van der Waals surface area contributed by atoms with Crippen molar-refractivity contribution in [2.75, 3.05) is 12.8 Å². The molecular formula is C13H14N2O3S. The van der Waals surface area contributed by atoms with Gasteiger partial charge in [0.25, 0.3) is 0 Å². The molecule has 0 radical (unpaired) electrons. The molecule has 2 rings (SSSR count). The maximum atomic E-state index is 12.2. The number of pyridine rings is 1. The molecule has 0 spiro atoms. The second-order valence-electron chi connectivity index (χ2n) is 4.02. The predicted octanol–water partition coefficient (Wildman–Crippen LogP) is 1.65. The van der Waals surface area contributed by atoms with Gasteiger partial charge in [0, 0.05) is 5.69 Å². The minimum Gasteiger partial charge on any atom is -0.495 e. The number of nitrogen functional groups attached to an aromatic ring is 1. The molecule has 0 aliphatic heterocycles. The number of sulfone groups is 1. The van der Waals surface area contributed by atoms with Crippen LogP contribution in [0.1, 0.15) is 5.69 Å². The van der Waals surface area contributed by atoms with Crippen LogP contribution in [0.4, 0.5) is 5.69 Å². The van der Waals surface area contributed by atoms with Crippen molar-refractivity contribution in [2.24, 2.45) is 0 Å². The van der Waals surface area contributed by atoms with Gasteiger partial charge in [-0.15, -0.1) is 0 Å². The van der Waals surface area contributed by atoms with E-state index in [0.717, 1.165) is 0 Å². The van der Waals surface area contributed by atoms with E-state index in [1.165, 1.54) is 25.4 Å². The van der Waals surface area contributed by atoms with Crippen molar-refractivity contribution in [2.45, 2.75) is 10.6 Å². The van der Waals surface area contributed by atoms with Crippen LogP contribution in [0.5, 0.6) is 5.75 Å². The summed E-state index contributed by atoms with van der Waals surface area (Å²) in [5, 5.41) is 0. The highest BCUT2D eigenvalue weighted by molar-refractivity contribution is 7.90. The standard InChI is InChI=1S/C13H14N2O3S/c1-18-12-5-4-11(15-8-12)9-19(16,17)13-6-2-10(14)3-7-13/h2-8H,9,14H2,1H3. The number of hydrogen-bond acceptors (Lipinski definition) is 5. The zero-order chi connectivity index (χ0) is 13.9. The van der Waals surface area contributed by atoms with Crippen LogP contribution in [-0.2, 0) is 15.6 Å². The summed E-state index contributed by atoms with van der Waals surface area (Å²) in [6.45, 7) is 0. The smallest absolute Gasteiger partial charge is 0.184 e. The first-order valence-corrected chi connectivity index (χ1v) is 7.24. The molecule has 0 atom stereocenters. The molecule has 0 bridgehead atoms. The van der Waals surface area contributed by atoms with E-state index in [2.05, 4.69) is 4.98 Å². The summed E-state index contributed by atoms with van der Waals surface area (Å²) in [5.41, 5.74) is 6.53. The Morgan fingerprint density at radius 2 is 1.84 bits per heavy atom. The number of benzene rings is 1. The van der Waals surface area contributed by atoms with Crippen LogP contribution in [0.3, 0.4) is 0 Å². The maximum absolute atomic E-state index is 12.2. The number of ether oxygens (including phenoxy) is 1. The lowest BCUT2D eigenvalue weighted by Crippen LogP contribution is -2.06. The number of rotatable bonds is 4. The van der Waals surface area contributed by atoms with Crippen molar-refractivity contribution >= 4 is 15.5 Å². The van der Waals surface area contributed by atoms with Crippen molar-refractivity contribution in [1.82, 2.24) is 4.98 Å². The zero-order valence-corrected chi connectivity index (χ0v) is 11.2. The number of hydrogen-bond donors (Lipinski definition) is 1. The Morgan fingerprint density at radius 3 is 2.37 bits per heavy atom. The number of methoxy groups -OCH3 is 1. The molecule has 0 fully saturated rings. The molecule has 0 aliphatic rings. The fourth-order valence-electron chi connectivity index (χ4n) is 1.57. The Hall–Kier alpha value is -2.08. The van der Waals surface area contributed by atoms with Crippen LogP contribution < -0.4 is 10.5 Å². The first-order chi connectivity index (χ1) is 9.01. The minimum absolute atomic E-state index is 0.152. The second kappa shape index (κ2) is 5.27. The third kappa shape index (κ3) is 3.23. The van der Waals surface area contributed by atoms with E-state index in [1.54, 1.807) is 24.3 Å². The summed E-state index contributed by atoms with van der Waals surface area (Å²) in [5.74, 6) is 0.439. The Balaban J connectivity index is 2.23. The number of aromatic nitrogens is 1. The third-order valence-corrected chi connectivity index (χ3v) is 4.28. The van der Waals surface area contributed by atoms with Gasteiger partial charge >= 0.3 is 0 Å². The van der Waals surface area contributed by atoms with Gasteiger partial charge in [0.05, 0.1) is 29.6 Å². The lowest BCUT2D eigenvalue weighted by Gasteiger charge is -2.05. The van der Waals surface area contributed by atoms with Crippen LogP contribution in [0.25, 0.3) is 0 Å². The summed E-state index contributed by atoms with van der Waals surface area (Å²) < 4.78 is 29.3. The SMILES string of the molecule is COc1ccc(CS(=O)(=O)c2ccc(N)cc2)nc1. The van der Waals surface area contributed by atoms with Gasteiger partial charge in [-0.2, -0.15) is 0 Å². The maximum Gasteiger partial charge on any atom is 0.184 e. The Bertz CT molecular complexity index is 649. The molecule has 6 heteroatoms. The van der Waals surface area contributed by atoms with Crippen molar-refractivity contribution in [3.63, 3.8) is 0 Å². The van der Waals surface area contributed by atoms with Gasteiger partial charge in [0.2, 0.25) is 0 Å². The van der Waals surface area contributed by atoms with Gasteiger partial charge in [-0.05, 0) is 36.4 Å². The molecule has 1 heterocycles.